The van der Waals surface area contributed by atoms with Crippen LogP contribution >= 0.6 is 0 Å². The molecule has 0 atom stereocenters. The average molecular weight is 387 g/mol. The van der Waals surface area contributed by atoms with Crippen molar-refractivity contribution in [3.8, 4) is 11.8 Å². The number of imidazole rings is 1. The highest BCUT2D eigenvalue weighted by atomic mass is 16.2. The summed E-state index contributed by atoms with van der Waals surface area (Å²) < 4.78 is 1.93. The minimum atomic E-state index is -0.0788. The minimum Gasteiger partial charge on any atom is -0.352 e. The van der Waals surface area contributed by atoms with Gasteiger partial charge in [0, 0.05) is 57.0 Å². The summed E-state index contributed by atoms with van der Waals surface area (Å²) in [5, 5.41) is 12.2. The molecule has 8 nitrogen and oxygen atoms in total. The van der Waals surface area contributed by atoms with Gasteiger partial charge >= 0.3 is 6.03 Å². The monoisotopic (exact) mass is 387 g/mol. The Morgan fingerprint density at radius 3 is 2.59 bits per heavy atom. The Kier molecular flexibility index (Phi) is 5.38. The highest BCUT2D eigenvalue weighted by Crippen LogP contribution is 2.18. The SMILES string of the molecule is N#Cc1cccnc1N1CCN(C(=O)NCc2ccc(-n3ccnc3)cc2)CC1. The highest BCUT2D eigenvalue weighted by Gasteiger charge is 2.23. The lowest BCUT2D eigenvalue weighted by Crippen LogP contribution is -2.52. The van der Waals surface area contributed by atoms with Gasteiger partial charge in [0.1, 0.15) is 11.9 Å². The number of aromatic nitrogens is 3. The number of hydrogen-bond acceptors (Lipinski definition) is 5. The maximum atomic E-state index is 12.5. The lowest BCUT2D eigenvalue weighted by Gasteiger charge is -2.35. The van der Waals surface area contributed by atoms with E-state index in [1.165, 1.54) is 0 Å². The van der Waals surface area contributed by atoms with Crippen LogP contribution in [0.25, 0.3) is 5.69 Å². The molecule has 1 aliphatic heterocycles. The summed E-state index contributed by atoms with van der Waals surface area (Å²) in [6, 6.07) is 13.6. The van der Waals surface area contributed by atoms with Crippen LogP contribution in [0, 0.1) is 11.3 Å². The van der Waals surface area contributed by atoms with E-state index in [1.807, 2.05) is 35.0 Å². The Balaban J connectivity index is 1.28. The number of carbonyl (C=O) groups is 1. The lowest BCUT2D eigenvalue weighted by molar-refractivity contribution is 0.194. The predicted octanol–water partition coefficient (Wildman–Crippen LogP) is 2.17. The quantitative estimate of drug-likeness (QED) is 0.741. The van der Waals surface area contributed by atoms with E-state index in [-0.39, 0.29) is 6.03 Å². The van der Waals surface area contributed by atoms with E-state index in [4.69, 9.17) is 0 Å². The summed E-state index contributed by atoms with van der Waals surface area (Å²) in [6.45, 7) is 2.96. The Labute approximate surface area is 169 Å². The first kappa shape index (κ1) is 18.5. The second-order valence-electron chi connectivity index (χ2n) is 6.76. The zero-order valence-corrected chi connectivity index (χ0v) is 15.9. The summed E-state index contributed by atoms with van der Waals surface area (Å²) in [7, 11) is 0. The number of carbonyl (C=O) groups excluding carboxylic acids is 1. The number of hydrogen-bond donors (Lipinski definition) is 1. The smallest absolute Gasteiger partial charge is 0.317 e. The molecule has 0 aliphatic carbocycles. The number of nitrogens with zero attached hydrogens (tertiary/aromatic N) is 6. The molecule has 3 aromatic rings. The first-order valence-corrected chi connectivity index (χ1v) is 9.45. The Hall–Kier alpha value is -3.86. The second kappa shape index (κ2) is 8.44. The van der Waals surface area contributed by atoms with Crippen LogP contribution in [0.4, 0.5) is 10.6 Å². The largest absolute Gasteiger partial charge is 0.352 e. The molecule has 0 unspecified atom stereocenters. The highest BCUT2D eigenvalue weighted by molar-refractivity contribution is 5.74. The van der Waals surface area contributed by atoms with E-state index >= 15 is 0 Å². The van der Waals surface area contributed by atoms with Crippen LogP contribution in [0.2, 0.25) is 0 Å². The van der Waals surface area contributed by atoms with Crippen molar-refractivity contribution in [1.29, 1.82) is 5.26 Å². The summed E-state index contributed by atoms with van der Waals surface area (Å²) in [6.07, 6.45) is 7.07. The fraction of sp³-hybridized carbons (Fsp3) is 0.238. The maximum Gasteiger partial charge on any atom is 0.317 e. The molecule has 0 spiro atoms. The Morgan fingerprint density at radius 1 is 1.10 bits per heavy atom. The standard InChI is InChI=1S/C21H21N7O/c22-14-18-2-1-7-24-20(18)26-10-12-27(13-11-26)21(29)25-15-17-3-5-19(6-4-17)28-9-8-23-16-28/h1-9,16H,10-13,15H2,(H,25,29). The molecule has 3 heterocycles. The number of nitriles is 1. The minimum absolute atomic E-state index is 0.0788. The van der Waals surface area contributed by atoms with Crippen LogP contribution in [0.15, 0.2) is 61.3 Å². The maximum absolute atomic E-state index is 12.5. The number of rotatable bonds is 4. The zero-order valence-electron chi connectivity index (χ0n) is 15.9. The molecule has 0 saturated carbocycles. The fourth-order valence-corrected chi connectivity index (χ4v) is 3.34. The van der Waals surface area contributed by atoms with Crippen molar-refractivity contribution in [2.24, 2.45) is 0 Å². The van der Waals surface area contributed by atoms with Gasteiger partial charge in [0.05, 0.1) is 11.9 Å². The van der Waals surface area contributed by atoms with Gasteiger partial charge in [-0.15, -0.1) is 0 Å². The summed E-state index contributed by atoms with van der Waals surface area (Å²) in [4.78, 5) is 24.7. The molecule has 29 heavy (non-hydrogen) atoms. The molecular weight excluding hydrogens is 366 g/mol. The molecule has 2 aromatic heterocycles. The number of nitrogens with one attached hydrogen (secondary N) is 1. The van der Waals surface area contributed by atoms with Crippen LogP contribution in [-0.2, 0) is 6.54 Å². The van der Waals surface area contributed by atoms with E-state index < -0.39 is 0 Å². The van der Waals surface area contributed by atoms with Crippen molar-refractivity contribution in [1.82, 2.24) is 24.8 Å². The molecule has 0 bridgehead atoms. The van der Waals surface area contributed by atoms with Crippen LogP contribution in [0.5, 0.6) is 0 Å². The number of benzene rings is 1. The van der Waals surface area contributed by atoms with E-state index in [2.05, 4.69) is 26.3 Å². The summed E-state index contributed by atoms with van der Waals surface area (Å²) >= 11 is 0. The number of urea groups is 1. The van der Waals surface area contributed by atoms with Crippen LogP contribution in [0.1, 0.15) is 11.1 Å². The molecule has 1 saturated heterocycles. The third-order valence-electron chi connectivity index (χ3n) is 4.96. The third-order valence-corrected chi connectivity index (χ3v) is 4.96. The molecule has 0 radical (unpaired) electrons. The number of amides is 2. The van der Waals surface area contributed by atoms with E-state index in [9.17, 15) is 10.1 Å². The van der Waals surface area contributed by atoms with Crippen LogP contribution < -0.4 is 10.2 Å². The van der Waals surface area contributed by atoms with Crippen molar-refractivity contribution < 1.29 is 4.79 Å². The van der Waals surface area contributed by atoms with Crippen molar-refractivity contribution in [2.75, 3.05) is 31.1 Å². The average Bonchev–Trinajstić information content (AvgIpc) is 3.33. The summed E-state index contributed by atoms with van der Waals surface area (Å²) in [5.74, 6) is 0.688. The van der Waals surface area contributed by atoms with Gasteiger partial charge in [-0.25, -0.2) is 14.8 Å². The molecule has 1 aliphatic rings. The van der Waals surface area contributed by atoms with Gasteiger partial charge in [-0.3, -0.25) is 0 Å². The molecule has 1 N–H and O–H groups in total. The molecule has 4 rings (SSSR count). The lowest BCUT2D eigenvalue weighted by atomic mass is 10.2. The third kappa shape index (κ3) is 4.19. The van der Waals surface area contributed by atoms with Gasteiger partial charge in [0.2, 0.25) is 0 Å². The first-order valence-electron chi connectivity index (χ1n) is 9.45. The van der Waals surface area contributed by atoms with E-state index in [0.29, 0.717) is 44.1 Å². The zero-order chi connectivity index (χ0) is 20.1. The molecule has 2 amide bonds. The first-order chi connectivity index (χ1) is 14.2. The number of anilines is 1. The van der Waals surface area contributed by atoms with Gasteiger partial charge in [0.15, 0.2) is 0 Å². The van der Waals surface area contributed by atoms with Gasteiger partial charge in [0.25, 0.3) is 0 Å². The van der Waals surface area contributed by atoms with Gasteiger partial charge < -0.3 is 19.7 Å². The molecule has 146 valence electrons. The van der Waals surface area contributed by atoms with Crippen molar-refractivity contribution in [3.63, 3.8) is 0 Å². The van der Waals surface area contributed by atoms with Crippen molar-refractivity contribution in [3.05, 3.63) is 72.4 Å². The van der Waals surface area contributed by atoms with Gasteiger partial charge in [-0.2, -0.15) is 5.26 Å². The molecule has 8 heteroatoms. The molecule has 1 fully saturated rings. The molecule has 1 aromatic carbocycles. The Morgan fingerprint density at radius 2 is 1.90 bits per heavy atom. The van der Waals surface area contributed by atoms with Crippen LogP contribution in [-0.4, -0.2) is 51.6 Å². The number of pyridine rings is 1. The van der Waals surface area contributed by atoms with Gasteiger partial charge in [-0.1, -0.05) is 12.1 Å². The van der Waals surface area contributed by atoms with E-state index in [0.717, 1.165) is 11.3 Å². The van der Waals surface area contributed by atoms with Crippen LogP contribution in [0.3, 0.4) is 0 Å². The topological polar surface area (TPSA) is 90.1 Å². The Bertz CT molecular complexity index is 1000. The summed E-state index contributed by atoms with van der Waals surface area (Å²) in [5.41, 5.74) is 2.62. The van der Waals surface area contributed by atoms with E-state index in [1.54, 1.807) is 35.8 Å². The van der Waals surface area contributed by atoms with Crippen molar-refractivity contribution >= 4 is 11.8 Å². The van der Waals surface area contributed by atoms with Crippen molar-refractivity contribution in [2.45, 2.75) is 6.54 Å². The second-order valence-corrected chi connectivity index (χ2v) is 6.76. The normalized spacial score (nSPS) is 13.8. The number of piperazine rings is 1. The fourth-order valence-electron chi connectivity index (χ4n) is 3.34. The van der Waals surface area contributed by atoms with Gasteiger partial charge in [-0.05, 0) is 29.8 Å². The predicted molar refractivity (Wildman–Crippen MR) is 109 cm³/mol. The molecular formula is C21H21N7O.